The molecular formula is C16H17N5O2. The number of primary amides is 1. The Kier molecular flexibility index (Phi) is 3.71. The molecule has 0 aliphatic carbocycles. The van der Waals surface area contributed by atoms with Crippen LogP contribution in [-0.4, -0.2) is 48.3 Å². The zero-order chi connectivity index (χ0) is 16.6. The van der Waals surface area contributed by atoms with Crippen LogP contribution in [0.3, 0.4) is 0 Å². The maximum atomic E-state index is 12.1. The first-order valence-corrected chi connectivity index (χ1v) is 7.12. The molecule has 0 bridgehead atoms. The van der Waals surface area contributed by atoms with E-state index in [1.165, 1.54) is 4.57 Å². The van der Waals surface area contributed by atoms with Crippen LogP contribution in [-0.2, 0) is 0 Å². The molecular weight excluding hydrogens is 294 g/mol. The van der Waals surface area contributed by atoms with Gasteiger partial charge in [0.2, 0.25) is 0 Å². The van der Waals surface area contributed by atoms with Gasteiger partial charge >= 0.3 is 6.03 Å². The number of likely N-dealkylation sites (N-methyl/N-ethyl adjacent to an activating group) is 1. The number of nitrogens with zero attached hydrogens (tertiary/aromatic N) is 3. The van der Waals surface area contributed by atoms with Gasteiger partial charge in [-0.3, -0.25) is 9.36 Å². The first kappa shape index (κ1) is 15.0. The Hall–Kier alpha value is -2.93. The lowest BCUT2D eigenvalue weighted by molar-refractivity contribution is 0.0957. The number of carbonyl (C=O) groups is 2. The van der Waals surface area contributed by atoms with E-state index < -0.39 is 6.03 Å². The molecule has 0 atom stereocenters. The molecule has 3 N–H and O–H groups in total. The van der Waals surface area contributed by atoms with Crippen molar-refractivity contribution >= 4 is 35.1 Å². The number of amides is 2. The fourth-order valence-corrected chi connectivity index (χ4v) is 2.70. The lowest BCUT2D eigenvalue weighted by Gasteiger charge is -2.06. The SMILES string of the molecule is CN(C)CC=Cc1c2c3c(cccc3n1C(N)=O)C(=O)NN=C2. The molecule has 3 rings (SSSR count). The van der Waals surface area contributed by atoms with Gasteiger partial charge in [-0.2, -0.15) is 5.10 Å². The van der Waals surface area contributed by atoms with Crippen molar-refractivity contribution in [1.29, 1.82) is 0 Å². The molecule has 1 aromatic carbocycles. The number of hydrazone groups is 1. The van der Waals surface area contributed by atoms with E-state index in [9.17, 15) is 9.59 Å². The molecule has 1 aliphatic heterocycles. The minimum Gasteiger partial charge on any atom is -0.351 e. The highest BCUT2D eigenvalue weighted by Gasteiger charge is 2.23. The number of nitrogens with one attached hydrogen (secondary N) is 1. The van der Waals surface area contributed by atoms with Crippen molar-refractivity contribution in [3.63, 3.8) is 0 Å². The second kappa shape index (κ2) is 5.69. The molecule has 0 radical (unpaired) electrons. The largest absolute Gasteiger partial charge is 0.351 e. The van der Waals surface area contributed by atoms with Crippen LogP contribution in [0, 0.1) is 0 Å². The second-order valence-electron chi connectivity index (χ2n) is 5.54. The summed E-state index contributed by atoms with van der Waals surface area (Å²) in [5, 5.41) is 4.61. The van der Waals surface area contributed by atoms with Crippen molar-refractivity contribution in [3.8, 4) is 0 Å². The molecule has 0 saturated heterocycles. The third-order valence-corrected chi connectivity index (χ3v) is 3.64. The van der Waals surface area contributed by atoms with E-state index >= 15 is 0 Å². The molecule has 2 heterocycles. The van der Waals surface area contributed by atoms with E-state index in [-0.39, 0.29) is 5.91 Å². The molecule has 0 spiro atoms. The number of rotatable bonds is 3. The standard InChI is InChI=1S/C16H17N5O2/c1-20(2)8-4-7-12-11-9-18-19-15(22)10-5-3-6-13(14(10)11)21(12)16(17)23/h3-7,9H,8H2,1-2H3,(H2,17,23)(H,19,22). The van der Waals surface area contributed by atoms with Gasteiger partial charge in [-0.25, -0.2) is 10.2 Å². The highest BCUT2D eigenvalue weighted by molar-refractivity contribution is 6.17. The van der Waals surface area contributed by atoms with E-state index in [1.54, 1.807) is 24.4 Å². The molecule has 0 unspecified atom stereocenters. The number of hydrogen-bond donors (Lipinski definition) is 2. The predicted octanol–water partition coefficient (Wildman–Crippen LogP) is 1.22. The lowest BCUT2D eigenvalue weighted by Crippen LogP contribution is -2.21. The van der Waals surface area contributed by atoms with Gasteiger partial charge in [-0.05, 0) is 32.3 Å². The topological polar surface area (TPSA) is 92.7 Å². The van der Waals surface area contributed by atoms with E-state index in [2.05, 4.69) is 10.5 Å². The summed E-state index contributed by atoms with van der Waals surface area (Å²) in [7, 11) is 3.90. The maximum Gasteiger partial charge on any atom is 0.323 e. The van der Waals surface area contributed by atoms with Gasteiger partial charge in [-0.1, -0.05) is 12.1 Å². The molecule has 118 valence electrons. The summed E-state index contributed by atoms with van der Waals surface area (Å²) in [6.07, 6.45) is 5.30. The maximum absolute atomic E-state index is 12.1. The molecule has 2 aromatic rings. The van der Waals surface area contributed by atoms with Gasteiger partial charge in [0.15, 0.2) is 0 Å². The summed E-state index contributed by atoms with van der Waals surface area (Å²) in [5.41, 5.74) is 10.4. The average molecular weight is 311 g/mol. The summed E-state index contributed by atoms with van der Waals surface area (Å²) in [6.45, 7) is 0.709. The Labute approximate surface area is 133 Å². The van der Waals surface area contributed by atoms with Crippen molar-refractivity contribution in [2.75, 3.05) is 20.6 Å². The van der Waals surface area contributed by atoms with Crippen LogP contribution in [0.25, 0.3) is 17.0 Å². The molecule has 0 saturated carbocycles. The quantitative estimate of drug-likeness (QED) is 0.892. The summed E-state index contributed by atoms with van der Waals surface area (Å²) < 4.78 is 1.41. The van der Waals surface area contributed by atoms with E-state index in [0.717, 1.165) is 0 Å². The van der Waals surface area contributed by atoms with E-state index in [0.29, 0.717) is 34.3 Å². The molecule has 7 heteroatoms. The minimum absolute atomic E-state index is 0.309. The van der Waals surface area contributed by atoms with Crippen LogP contribution in [0.2, 0.25) is 0 Å². The Balaban J connectivity index is 2.33. The van der Waals surface area contributed by atoms with Crippen molar-refractivity contribution in [1.82, 2.24) is 14.9 Å². The zero-order valence-corrected chi connectivity index (χ0v) is 12.9. The molecule has 23 heavy (non-hydrogen) atoms. The normalized spacial score (nSPS) is 13.8. The summed E-state index contributed by atoms with van der Waals surface area (Å²) >= 11 is 0. The second-order valence-corrected chi connectivity index (χ2v) is 5.54. The molecule has 0 fully saturated rings. The van der Waals surface area contributed by atoms with Crippen LogP contribution in [0.4, 0.5) is 4.79 Å². The minimum atomic E-state index is -0.600. The van der Waals surface area contributed by atoms with Crippen LogP contribution >= 0.6 is 0 Å². The average Bonchev–Trinajstić information content (AvgIpc) is 2.70. The first-order chi connectivity index (χ1) is 11.0. The van der Waals surface area contributed by atoms with Crippen molar-refractivity contribution in [3.05, 3.63) is 41.1 Å². The fourth-order valence-electron chi connectivity index (χ4n) is 2.70. The third kappa shape index (κ3) is 2.51. The van der Waals surface area contributed by atoms with E-state index in [1.807, 2.05) is 31.1 Å². The van der Waals surface area contributed by atoms with Gasteiger partial charge in [0, 0.05) is 17.5 Å². The summed E-state index contributed by atoms with van der Waals surface area (Å²) in [5.74, 6) is -0.309. The van der Waals surface area contributed by atoms with Crippen LogP contribution in [0.1, 0.15) is 21.6 Å². The van der Waals surface area contributed by atoms with Crippen molar-refractivity contribution in [2.45, 2.75) is 0 Å². The molecule has 1 aromatic heterocycles. The van der Waals surface area contributed by atoms with Gasteiger partial charge < -0.3 is 10.6 Å². The Morgan fingerprint density at radius 2 is 2.22 bits per heavy atom. The Morgan fingerprint density at radius 1 is 1.43 bits per heavy atom. The smallest absolute Gasteiger partial charge is 0.323 e. The number of hydrogen-bond acceptors (Lipinski definition) is 4. The summed E-state index contributed by atoms with van der Waals surface area (Å²) in [6, 6.07) is 4.59. The predicted molar refractivity (Wildman–Crippen MR) is 89.6 cm³/mol. The van der Waals surface area contributed by atoms with Crippen LogP contribution < -0.4 is 11.2 Å². The van der Waals surface area contributed by atoms with Gasteiger partial charge in [-0.15, -0.1) is 0 Å². The third-order valence-electron chi connectivity index (χ3n) is 3.64. The van der Waals surface area contributed by atoms with Gasteiger partial charge in [0.05, 0.1) is 23.0 Å². The molecule has 2 amide bonds. The monoisotopic (exact) mass is 311 g/mol. The first-order valence-electron chi connectivity index (χ1n) is 7.12. The van der Waals surface area contributed by atoms with Gasteiger partial charge in [0.1, 0.15) is 0 Å². The van der Waals surface area contributed by atoms with Gasteiger partial charge in [0.25, 0.3) is 5.91 Å². The number of benzene rings is 1. The lowest BCUT2D eigenvalue weighted by atomic mass is 10.0. The highest BCUT2D eigenvalue weighted by atomic mass is 16.2. The van der Waals surface area contributed by atoms with Crippen LogP contribution in [0.5, 0.6) is 0 Å². The Bertz CT molecular complexity index is 861. The van der Waals surface area contributed by atoms with Crippen molar-refractivity contribution in [2.24, 2.45) is 10.8 Å². The highest BCUT2D eigenvalue weighted by Crippen LogP contribution is 2.30. The number of aromatic nitrogens is 1. The summed E-state index contributed by atoms with van der Waals surface area (Å²) in [4.78, 5) is 26.1. The Morgan fingerprint density at radius 3 is 2.91 bits per heavy atom. The van der Waals surface area contributed by atoms with Crippen LogP contribution in [0.15, 0.2) is 29.4 Å². The van der Waals surface area contributed by atoms with Crippen molar-refractivity contribution < 1.29 is 9.59 Å². The molecule has 7 nitrogen and oxygen atoms in total. The number of nitrogens with two attached hydrogens (primary N) is 1. The fraction of sp³-hybridized carbons (Fsp3) is 0.188. The van der Waals surface area contributed by atoms with E-state index in [4.69, 9.17) is 5.73 Å². The zero-order valence-electron chi connectivity index (χ0n) is 12.9. The molecule has 1 aliphatic rings. The number of carbonyl (C=O) groups excluding carboxylic acids is 2.